The first-order valence-electron chi connectivity index (χ1n) is 14.9. The van der Waals surface area contributed by atoms with Crippen molar-refractivity contribution < 1.29 is 4.74 Å². The molecular weight excluding hydrogens is 571 g/mol. The van der Waals surface area contributed by atoms with Crippen LogP contribution in [0, 0.1) is 0 Å². The topological polar surface area (TPSA) is 38.2 Å². The number of para-hydroxylation sites is 2. The lowest BCUT2D eigenvalue weighted by atomic mass is 9.97. The predicted octanol–water partition coefficient (Wildman–Crippen LogP) is 11.4. The van der Waals surface area contributed by atoms with Gasteiger partial charge < -0.3 is 9.64 Å². The van der Waals surface area contributed by atoms with E-state index in [4.69, 9.17) is 14.1 Å². The van der Waals surface area contributed by atoms with Gasteiger partial charge in [0, 0.05) is 16.5 Å². The SMILES string of the molecule is c1ccc(-c2cccc3cc(-c4nc(-c5ccc6c(c5)N(c5cccc7ccccc57)c5ccccc5O6)ns4)ccc23)cc1. The van der Waals surface area contributed by atoms with Crippen molar-refractivity contribution in [3.63, 3.8) is 0 Å². The standard InChI is InChI=1S/C40H25N3OS/c1-2-10-26(11-3-1)31-16-8-14-28-24-30(20-22-32(28)31)40-41-39(42-45-40)29-21-23-38-36(25-29)43(35-17-6-7-19-37(35)44-38)34-18-9-13-27-12-4-5-15-33(27)34/h1-25H. The molecule has 5 heteroatoms. The maximum atomic E-state index is 6.41. The fraction of sp³-hybridized carbons (Fsp3) is 0. The summed E-state index contributed by atoms with van der Waals surface area (Å²) in [6.45, 7) is 0. The van der Waals surface area contributed by atoms with Gasteiger partial charge in [0.2, 0.25) is 0 Å². The van der Waals surface area contributed by atoms with Crippen molar-refractivity contribution >= 4 is 50.1 Å². The summed E-state index contributed by atoms with van der Waals surface area (Å²) in [7, 11) is 0. The van der Waals surface area contributed by atoms with Crippen LogP contribution in [-0.2, 0) is 0 Å². The molecule has 0 aliphatic carbocycles. The third kappa shape index (κ3) is 4.36. The molecule has 0 fully saturated rings. The summed E-state index contributed by atoms with van der Waals surface area (Å²) < 4.78 is 11.2. The van der Waals surface area contributed by atoms with Gasteiger partial charge >= 0.3 is 0 Å². The molecule has 0 bridgehead atoms. The number of benzene rings is 7. The van der Waals surface area contributed by atoms with Crippen LogP contribution >= 0.6 is 11.5 Å². The Morgan fingerprint density at radius 1 is 0.489 bits per heavy atom. The Labute approximate surface area is 264 Å². The van der Waals surface area contributed by atoms with Crippen molar-refractivity contribution in [2.24, 2.45) is 0 Å². The van der Waals surface area contributed by atoms with E-state index in [2.05, 4.69) is 132 Å². The van der Waals surface area contributed by atoms with Crippen LogP contribution in [0.3, 0.4) is 0 Å². The second-order valence-corrected chi connectivity index (χ2v) is 11.9. The monoisotopic (exact) mass is 595 g/mol. The molecule has 0 saturated carbocycles. The largest absolute Gasteiger partial charge is 0.453 e. The molecule has 7 aromatic carbocycles. The third-order valence-electron chi connectivity index (χ3n) is 8.43. The van der Waals surface area contributed by atoms with Gasteiger partial charge in [-0.25, -0.2) is 4.98 Å². The number of anilines is 3. The molecule has 0 saturated heterocycles. The molecule has 2 heterocycles. The summed E-state index contributed by atoms with van der Waals surface area (Å²) >= 11 is 1.43. The van der Waals surface area contributed by atoms with E-state index in [1.54, 1.807) is 0 Å². The minimum absolute atomic E-state index is 0.702. The third-order valence-corrected chi connectivity index (χ3v) is 9.19. The van der Waals surface area contributed by atoms with Crippen molar-refractivity contribution in [3.8, 4) is 44.6 Å². The maximum absolute atomic E-state index is 6.41. The molecule has 0 atom stereocenters. The van der Waals surface area contributed by atoms with Gasteiger partial charge in [0.05, 0.1) is 17.1 Å². The van der Waals surface area contributed by atoms with Gasteiger partial charge in [-0.15, -0.1) is 0 Å². The average molecular weight is 596 g/mol. The molecule has 0 unspecified atom stereocenters. The van der Waals surface area contributed by atoms with Crippen molar-refractivity contribution in [2.45, 2.75) is 0 Å². The molecule has 1 aliphatic rings. The molecule has 212 valence electrons. The Balaban J connectivity index is 1.12. The second-order valence-electron chi connectivity index (χ2n) is 11.1. The van der Waals surface area contributed by atoms with Gasteiger partial charge in [0.15, 0.2) is 17.3 Å². The van der Waals surface area contributed by atoms with Crippen molar-refractivity contribution in [3.05, 3.63) is 152 Å². The minimum Gasteiger partial charge on any atom is -0.453 e. The Hall–Kier alpha value is -5.78. The zero-order chi connectivity index (χ0) is 29.7. The lowest BCUT2D eigenvalue weighted by molar-refractivity contribution is 0.477. The van der Waals surface area contributed by atoms with Gasteiger partial charge in [-0.2, -0.15) is 4.37 Å². The molecule has 0 N–H and O–H groups in total. The number of hydrogen-bond donors (Lipinski definition) is 0. The number of rotatable bonds is 4. The molecule has 9 rings (SSSR count). The lowest BCUT2D eigenvalue weighted by Gasteiger charge is -2.33. The zero-order valence-electron chi connectivity index (χ0n) is 24.1. The number of hydrogen-bond acceptors (Lipinski definition) is 5. The van der Waals surface area contributed by atoms with Crippen LogP contribution in [0.4, 0.5) is 17.1 Å². The van der Waals surface area contributed by atoms with E-state index < -0.39 is 0 Å². The summed E-state index contributed by atoms with van der Waals surface area (Å²) in [4.78, 5) is 7.32. The normalized spacial score (nSPS) is 12.1. The summed E-state index contributed by atoms with van der Waals surface area (Å²) in [5, 5.41) is 5.66. The average Bonchev–Trinajstić information content (AvgIpc) is 3.61. The quantitative estimate of drug-likeness (QED) is 0.203. The molecule has 4 nitrogen and oxygen atoms in total. The predicted molar refractivity (Wildman–Crippen MR) is 186 cm³/mol. The molecule has 0 spiro atoms. The number of fused-ring (bicyclic) bond motifs is 4. The highest BCUT2D eigenvalue weighted by Gasteiger charge is 2.27. The minimum atomic E-state index is 0.702. The van der Waals surface area contributed by atoms with Gasteiger partial charge in [0.1, 0.15) is 5.01 Å². The number of nitrogens with zero attached hydrogens (tertiary/aromatic N) is 3. The Bertz CT molecular complexity index is 2380. The van der Waals surface area contributed by atoms with Crippen LogP contribution in [0.5, 0.6) is 11.5 Å². The lowest BCUT2D eigenvalue weighted by Crippen LogP contribution is -2.16. The van der Waals surface area contributed by atoms with E-state index in [1.165, 1.54) is 44.2 Å². The van der Waals surface area contributed by atoms with Crippen molar-refractivity contribution in [2.75, 3.05) is 4.90 Å². The second kappa shape index (κ2) is 10.4. The first kappa shape index (κ1) is 25.7. The molecular formula is C40H25N3OS. The Morgan fingerprint density at radius 2 is 1.22 bits per heavy atom. The molecule has 0 amide bonds. The smallest absolute Gasteiger partial charge is 0.173 e. The van der Waals surface area contributed by atoms with Crippen LogP contribution in [0.25, 0.3) is 54.6 Å². The summed E-state index contributed by atoms with van der Waals surface area (Å²) in [5.41, 5.74) is 7.49. The van der Waals surface area contributed by atoms with E-state index in [0.717, 1.165) is 44.7 Å². The van der Waals surface area contributed by atoms with E-state index in [1.807, 2.05) is 24.3 Å². The molecule has 45 heavy (non-hydrogen) atoms. The van der Waals surface area contributed by atoms with Gasteiger partial charge in [0.25, 0.3) is 0 Å². The van der Waals surface area contributed by atoms with Crippen LogP contribution < -0.4 is 9.64 Å². The highest BCUT2D eigenvalue weighted by atomic mass is 32.1. The fourth-order valence-corrected chi connectivity index (χ4v) is 6.98. The van der Waals surface area contributed by atoms with Crippen molar-refractivity contribution in [1.82, 2.24) is 9.36 Å². The van der Waals surface area contributed by atoms with Crippen LogP contribution in [0.15, 0.2) is 152 Å². The van der Waals surface area contributed by atoms with E-state index in [9.17, 15) is 0 Å². The van der Waals surface area contributed by atoms with E-state index in [-0.39, 0.29) is 0 Å². The molecule has 8 aromatic rings. The number of ether oxygens (including phenoxy) is 1. The Kier molecular flexibility index (Phi) is 5.96. The van der Waals surface area contributed by atoms with Gasteiger partial charge in [-0.3, -0.25) is 0 Å². The molecule has 0 radical (unpaired) electrons. The van der Waals surface area contributed by atoms with Crippen LogP contribution in [-0.4, -0.2) is 9.36 Å². The first-order chi connectivity index (χ1) is 22.3. The highest BCUT2D eigenvalue weighted by molar-refractivity contribution is 7.09. The van der Waals surface area contributed by atoms with E-state index in [0.29, 0.717) is 5.82 Å². The summed E-state index contributed by atoms with van der Waals surface area (Å²) in [6, 6.07) is 52.9. The summed E-state index contributed by atoms with van der Waals surface area (Å²) in [5.74, 6) is 2.32. The molecule has 1 aliphatic heterocycles. The Morgan fingerprint density at radius 3 is 2.18 bits per heavy atom. The fourth-order valence-electron chi connectivity index (χ4n) is 6.30. The molecule has 1 aromatic heterocycles. The van der Waals surface area contributed by atoms with Crippen LogP contribution in [0.1, 0.15) is 0 Å². The van der Waals surface area contributed by atoms with Gasteiger partial charge in [-0.1, -0.05) is 109 Å². The zero-order valence-corrected chi connectivity index (χ0v) is 24.9. The first-order valence-corrected chi connectivity index (χ1v) is 15.7. The van der Waals surface area contributed by atoms with E-state index >= 15 is 0 Å². The summed E-state index contributed by atoms with van der Waals surface area (Å²) in [6.07, 6.45) is 0. The van der Waals surface area contributed by atoms with Crippen molar-refractivity contribution in [1.29, 1.82) is 0 Å². The van der Waals surface area contributed by atoms with Gasteiger partial charge in [-0.05, 0) is 81.3 Å². The number of aromatic nitrogens is 2. The highest BCUT2D eigenvalue weighted by Crippen LogP contribution is 2.52. The maximum Gasteiger partial charge on any atom is 0.173 e. The van der Waals surface area contributed by atoms with Crippen LogP contribution in [0.2, 0.25) is 0 Å².